The number of hydrogen-bond donors (Lipinski definition) is 1. The maximum absolute atomic E-state index is 13.0. The van der Waals surface area contributed by atoms with Crippen LogP contribution in [-0.2, 0) is 0 Å². The molecule has 2 heterocycles. The minimum Gasteiger partial charge on any atom is -0.497 e. The summed E-state index contributed by atoms with van der Waals surface area (Å²) in [5.41, 5.74) is 8.05. The van der Waals surface area contributed by atoms with E-state index < -0.39 is 0 Å². The van der Waals surface area contributed by atoms with Crippen molar-refractivity contribution < 1.29 is 19.0 Å². The smallest absolute Gasteiger partial charge is 0.205 e. The Balaban J connectivity index is 1.84. The zero-order valence-corrected chi connectivity index (χ0v) is 16.4. The van der Waals surface area contributed by atoms with Gasteiger partial charge in [0.15, 0.2) is 11.5 Å². The van der Waals surface area contributed by atoms with E-state index in [2.05, 4.69) is 4.98 Å². The standard InChI is InChI=1S/C21H18N2O4S/c1-25-13-6-4-11(5-7-13)19(24)20-18(22)14-8-12-9-16(26-2)17(27-3)10-15(12)23-21(14)28-20/h4-10H,22H2,1-3H3. The molecule has 0 fully saturated rings. The molecule has 4 aromatic rings. The molecule has 0 aliphatic rings. The molecule has 4 rings (SSSR count). The van der Waals surface area contributed by atoms with Crippen LogP contribution < -0.4 is 19.9 Å². The van der Waals surface area contributed by atoms with Gasteiger partial charge in [0.25, 0.3) is 0 Å². The Morgan fingerprint density at radius 2 is 1.64 bits per heavy atom. The number of hydrogen-bond acceptors (Lipinski definition) is 7. The lowest BCUT2D eigenvalue weighted by molar-refractivity contribution is 0.104. The van der Waals surface area contributed by atoms with Crippen LogP contribution in [0.25, 0.3) is 21.1 Å². The molecule has 7 heteroatoms. The van der Waals surface area contributed by atoms with Crippen molar-refractivity contribution in [2.45, 2.75) is 0 Å². The fraction of sp³-hybridized carbons (Fsp3) is 0.143. The molecule has 2 aromatic carbocycles. The molecule has 0 amide bonds. The monoisotopic (exact) mass is 394 g/mol. The summed E-state index contributed by atoms with van der Waals surface area (Å²) in [6, 6.07) is 12.5. The molecular weight excluding hydrogens is 376 g/mol. The van der Waals surface area contributed by atoms with E-state index in [9.17, 15) is 4.79 Å². The average Bonchev–Trinajstić information content (AvgIpc) is 3.06. The number of nitrogen functional groups attached to an aromatic ring is 1. The molecule has 2 N–H and O–H groups in total. The summed E-state index contributed by atoms with van der Waals surface area (Å²) in [6.45, 7) is 0. The molecule has 28 heavy (non-hydrogen) atoms. The van der Waals surface area contributed by atoms with Gasteiger partial charge in [0.2, 0.25) is 5.78 Å². The molecule has 0 saturated carbocycles. The van der Waals surface area contributed by atoms with Crippen LogP contribution in [0.1, 0.15) is 15.2 Å². The molecule has 0 atom stereocenters. The first-order chi connectivity index (χ1) is 13.5. The van der Waals surface area contributed by atoms with Crippen molar-refractivity contribution in [2.24, 2.45) is 0 Å². The third kappa shape index (κ3) is 2.90. The summed E-state index contributed by atoms with van der Waals surface area (Å²) >= 11 is 1.29. The van der Waals surface area contributed by atoms with Gasteiger partial charge in [-0.05, 0) is 36.4 Å². The Hall–Kier alpha value is -3.32. The lowest BCUT2D eigenvalue weighted by Crippen LogP contribution is -2.02. The van der Waals surface area contributed by atoms with Crippen molar-refractivity contribution >= 4 is 43.9 Å². The van der Waals surface area contributed by atoms with E-state index in [1.165, 1.54) is 11.3 Å². The number of nitrogens with zero attached hydrogens (tertiary/aromatic N) is 1. The molecule has 0 saturated heterocycles. The van der Waals surface area contributed by atoms with Crippen LogP contribution in [0.5, 0.6) is 17.2 Å². The summed E-state index contributed by atoms with van der Waals surface area (Å²) in [5, 5.41) is 1.61. The van der Waals surface area contributed by atoms with Gasteiger partial charge in [0.05, 0.1) is 32.5 Å². The first-order valence-corrected chi connectivity index (χ1v) is 9.31. The maximum atomic E-state index is 13.0. The first kappa shape index (κ1) is 18.1. The molecular formula is C21H18N2O4S. The zero-order valence-electron chi connectivity index (χ0n) is 15.6. The van der Waals surface area contributed by atoms with Crippen LogP contribution in [-0.4, -0.2) is 32.1 Å². The van der Waals surface area contributed by atoms with E-state index in [0.717, 1.165) is 16.3 Å². The third-order valence-corrected chi connectivity index (χ3v) is 5.69. The number of pyridine rings is 1. The Morgan fingerprint density at radius 3 is 2.29 bits per heavy atom. The van der Waals surface area contributed by atoms with E-state index >= 15 is 0 Å². The van der Waals surface area contributed by atoms with E-state index in [-0.39, 0.29) is 5.78 Å². The van der Waals surface area contributed by atoms with Crippen molar-refractivity contribution in [2.75, 3.05) is 27.1 Å². The normalized spacial score (nSPS) is 11.0. The number of carbonyl (C=O) groups is 1. The molecule has 0 radical (unpaired) electrons. The Labute approximate surface area is 165 Å². The fourth-order valence-corrected chi connectivity index (χ4v) is 4.12. The predicted molar refractivity (Wildman–Crippen MR) is 111 cm³/mol. The summed E-state index contributed by atoms with van der Waals surface area (Å²) in [6.07, 6.45) is 0. The highest BCUT2D eigenvalue weighted by molar-refractivity contribution is 7.21. The van der Waals surface area contributed by atoms with Gasteiger partial charge < -0.3 is 19.9 Å². The van der Waals surface area contributed by atoms with Crippen LogP contribution in [0.3, 0.4) is 0 Å². The van der Waals surface area contributed by atoms with E-state index in [0.29, 0.717) is 38.2 Å². The van der Waals surface area contributed by atoms with Crippen molar-refractivity contribution in [3.63, 3.8) is 0 Å². The molecule has 6 nitrogen and oxygen atoms in total. The number of thiophene rings is 1. The van der Waals surface area contributed by atoms with Gasteiger partial charge in [-0.3, -0.25) is 4.79 Å². The SMILES string of the molecule is COc1ccc(C(=O)c2sc3nc4cc(OC)c(OC)cc4cc3c2N)cc1. The van der Waals surface area contributed by atoms with Crippen LogP contribution in [0.15, 0.2) is 42.5 Å². The quantitative estimate of drug-likeness (QED) is 0.509. The number of benzene rings is 2. The number of nitrogens with two attached hydrogens (primary N) is 1. The Morgan fingerprint density at radius 1 is 0.964 bits per heavy atom. The van der Waals surface area contributed by atoms with E-state index in [1.807, 2.05) is 18.2 Å². The van der Waals surface area contributed by atoms with Gasteiger partial charge in [-0.2, -0.15) is 0 Å². The molecule has 142 valence electrons. The van der Waals surface area contributed by atoms with Crippen molar-refractivity contribution in [1.82, 2.24) is 4.98 Å². The van der Waals surface area contributed by atoms with Crippen molar-refractivity contribution in [3.05, 3.63) is 52.9 Å². The highest BCUT2D eigenvalue weighted by atomic mass is 32.1. The van der Waals surface area contributed by atoms with Gasteiger partial charge in [-0.25, -0.2) is 4.98 Å². The number of carbonyl (C=O) groups excluding carboxylic acids is 1. The number of anilines is 1. The number of ketones is 1. The van der Waals surface area contributed by atoms with Gasteiger partial charge in [0, 0.05) is 22.4 Å². The van der Waals surface area contributed by atoms with Crippen LogP contribution in [0.2, 0.25) is 0 Å². The highest BCUT2D eigenvalue weighted by Gasteiger charge is 2.20. The number of rotatable bonds is 5. The summed E-state index contributed by atoms with van der Waals surface area (Å²) in [4.78, 5) is 18.8. The fourth-order valence-electron chi connectivity index (χ4n) is 3.07. The van der Waals surface area contributed by atoms with Crippen LogP contribution in [0, 0.1) is 0 Å². The topological polar surface area (TPSA) is 83.7 Å². The molecule has 0 aliphatic heterocycles. The van der Waals surface area contributed by atoms with E-state index in [1.54, 1.807) is 45.6 Å². The molecule has 2 aromatic heterocycles. The largest absolute Gasteiger partial charge is 0.497 e. The second-order valence-corrected chi connectivity index (χ2v) is 7.14. The van der Waals surface area contributed by atoms with Crippen molar-refractivity contribution in [1.29, 1.82) is 0 Å². The average molecular weight is 394 g/mol. The molecule has 0 aliphatic carbocycles. The highest BCUT2D eigenvalue weighted by Crippen LogP contribution is 2.38. The lowest BCUT2D eigenvalue weighted by atomic mass is 10.1. The lowest BCUT2D eigenvalue weighted by Gasteiger charge is -2.08. The van der Waals surface area contributed by atoms with Gasteiger partial charge in [-0.1, -0.05) is 0 Å². The first-order valence-electron chi connectivity index (χ1n) is 8.49. The van der Waals surface area contributed by atoms with Gasteiger partial charge in [0.1, 0.15) is 15.5 Å². The zero-order chi connectivity index (χ0) is 19.8. The van der Waals surface area contributed by atoms with E-state index in [4.69, 9.17) is 19.9 Å². The summed E-state index contributed by atoms with van der Waals surface area (Å²) in [7, 11) is 4.75. The number of ether oxygens (including phenoxy) is 3. The minimum absolute atomic E-state index is 0.137. The summed E-state index contributed by atoms with van der Waals surface area (Å²) in [5.74, 6) is 1.76. The maximum Gasteiger partial charge on any atom is 0.205 e. The second-order valence-electron chi connectivity index (χ2n) is 6.14. The molecule has 0 bridgehead atoms. The summed E-state index contributed by atoms with van der Waals surface area (Å²) < 4.78 is 15.9. The minimum atomic E-state index is -0.137. The van der Waals surface area contributed by atoms with Crippen LogP contribution in [0.4, 0.5) is 5.69 Å². The molecule has 0 unspecified atom stereocenters. The van der Waals surface area contributed by atoms with Gasteiger partial charge >= 0.3 is 0 Å². The van der Waals surface area contributed by atoms with Crippen LogP contribution >= 0.6 is 11.3 Å². The number of fused-ring (bicyclic) bond motifs is 2. The number of methoxy groups -OCH3 is 3. The molecule has 0 spiro atoms. The predicted octanol–water partition coefficient (Wildman–Crippen LogP) is 4.29. The van der Waals surface area contributed by atoms with Gasteiger partial charge in [-0.15, -0.1) is 11.3 Å². The second kappa shape index (κ2) is 7.01. The number of aromatic nitrogens is 1. The third-order valence-electron chi connectivity index (χ3n) is 4.58. The van der Waals surface area contributed by atoms with Crippen molar-refractivity contribution in [3.8, 4) is 17.2 Å². The Bertz CT molecular complexity index is 1200. The Kier molecular flexibility index (Phi) is 4.52.